The number of ether oxygens (including phenoxy) is 1. The van der Waals surface area contributed by atoms with Gasteiger partial charge in [-0.05, 0) is 44.0 Å². The van der Waals surface area contributed by atoms with E-state index in [4.69, 9.17) is 4.74 Å². The minimum atomic E-state index is -3.58. The van der Waals surface area contributed by atoms with Crippen LogP contribution < -0.4 is 9.84 Å². The average Bonchev–Trinajstić information content (AvgIpc) is 2.48. The predicted molar refractivity (Wildman–Crippen MR) is 74.1 cm³/mol. The highest BCUT2D eigenvalue weighted by molar-refractivity contribution is 7.89. The summed E-state index contributed by atoms with van der Waals surface area (Å²) < 4.78 is 31.5. The van der Waals surface area contributed by atoms with Crippen LogP contribution in [0.5, 0.6) is 5.75 Å². The zero-order valence-corrected chi connectivity index (χ0v) is 12.6. The van der Waals surface area contributed by atoms with E-state index in [1.165, 1.54) is 16.4 Å². The van der Waals surface area contributed by atoms with Gasteiger partial charge in [-0.3, -0.25) is 0 Å². The van der Waals surface area contributed by atoms with Crippen molar-refractivity contribution in [1.82, 2.24) is 4.31 Å². The Balaban J connectivity index is 2.10. The summed E-state index contributed by atoms with van der Waals surface area (Å²) in [5.74, 6) is -1.04. The van der Waals surface area contributed by atoms with Crippen molar-refractivity contribution in [3.05, 3.63) is 24.3 Å². The third kappa shape index (κ3) is 3.54. The summed E-state index contributed by atoms with van der Waals surface area (Å²) >= 11 is 0. The van der Waals surface area contributed by atoms with E-state index in [1.54, 1.807) is 12.1 Å². The first-order chi connectivity index (χ1) is 9.95. The second kappa shape index (κ2) is 6.44. The van der Waals surface area contributed by atoms with Crippen molar-refractivity contribution in [3.63, 3.8) is 0 Å². The van der Waals surface area contributed by atoms with E-state index in [-0.39, 0.29) is 18.0 Å². The van der Waals surface area contributed by atoms with Crippen LogP contribution in [0.1, 0.15) is 19.8 Å². The van der Waals surface area contributed by atoms with Crippen LogP contribution in [0, 0.1) is 5.92 Å². The highest BCUT2D eigenvalue weighted by Crippen LogP contribution is 2.24. The number of carboxylic acids is 1. The summed E-state index contributed by atoms with van der Waals surface area (Å²) in [6.45, 7) is 2.78. The molecule has 116 valence electrons. The van der Waals surface area contributed by atoms with Crippen LogP contribution in [-0.4, -0.2) is 38.4 Å². The fraction of sp³-hybridized carbons (Fsp3) is 0.500. The Labute approximate surface area is 124 Å². The minimum absolute atomic E-state index is 0.192. The van der Waals surface area contributed by atoms with Crippen LogP contribution in [0.4, 0.5) is 0 Å². The highest BCUT2D eigenvalue weighted by Gasteiger charge is 2.29. The van der Waals surface area contributed by atoms with Crippen LogP contribution in [0.2, 0.25) is 0 Å². The SMILES string of the molecule is CCOc1ccc(S(=O)(=O)N2CCC(C(=O)[O-])CC2)cc1. The van der Waals surface area contributed by atoms with E-state index in [0.717, 1.165) is 0 Å². The monoisotopic (exact) mass is 312 g/mol. The van der Waals surface area contributed by atoms with Crippen LogP contribution >= 0.6 is 0 Å². The van der Waals surface area contributed by atoms with Crippen LogP contribution in [0.25, 0.3) is 0 Å². The fourth-order valence-corrected chi connectivity index (χ4v) is 3.83. The number of sulfonamides is 1. The van der Waals surface area contributed by atoms with Gasteiger partial charge in [-0.2, -0.15) is 4.31 Å². The van der Waals surface area contributed by atoms with Gasteiger partial charge in [-0.25, -0.2) is 8.42 Å². The van der Waals surface area contributed by atoms with E-state index in [0.29, 0.717) is 25.2 Å². The second-order valence-corrected chi connectivity index (χ2v) is 6.84. The molecule has 0 radical (unpaired) electrons. The van der Waals surface area contributed by atoms with Gasteiger partial charge in [0.05, 0.1) is 11.5 Å². The van der Waals surface area contributed by atoms with Crippen molar-refractivity contribution < 1.29 is 23.1 Å². The van der Waals surface area contributed by atoms with Crippen molar-refractivity contribution in [2.45, 2.75) is 24.7 Å². The van der Waals surface area contributed by atoms with Crippen LogP contribution in [0.15, 0.2) is 29.2 Å². The number of carbonyl (C=O) groups excluding carboxylic acids is 1. The maximum Gasteiger partial charge on any atom is 0.243 e. The lowest BCUT2D eigenvalue weighted by molar-refractivity contribution is -0.312. The highest BCUT2D eigenvalue weighted by atomic mass is 32.2. The van der Waals surface area contributed by atoms with Gasteiger partial charge in [-0.15, -0.1) is 0 Å². The fourth-order valence-electron chi connectivity index (χ4n) is 2.36. The standard InChI is InChI=1S/C14H19NO5S/c1-2-20-12-3-5-13(6-4-12)21(18,19)15-9-7-11(8-10-15)14(16)17/h3-6,11H,2,7-10H2,1H3,(H,16,17)/p-1. The summed E-state index contributed by atoms with van der Waals surface area (Å²) in [4.78, 5) is 11.0. The van der Waals surface area contributed by atoms with Crippen LogP contribution in [0.3, 0.4) is 0 Å². The first kappa shape index (κ1) is 15.8. The minimum Gasteiger partial charge on any atom is -0.550 e. The molecule has 1 aromatic rings. The molecule has 0 bridgehead atoms. The Morgan fingerprint density at radius 1 is 1.29 bits per heavy atom. The maximum atomic E-state index is 12.5. The summed E-state index contributed by atoms with van der Waals surface area (Å²) in [6.07, 6.45) is 0.581. The lowest BCUT2D eigenvalue weighted by Crippen LogP contribution is -2.43. The largest absolute Gasteiger partial charge is 0.550 e. The molecule has 1 aliphatic rings. The topological polar surface area (TPSA) is 86.7 Å². The summed E-state index contributed by atoms with van der Waals surface area (Å²) in [7, 11) is -3.58. The molecular weight excluding hydrogens is 294 g/mol. The molecule has 0 unspecified atom stereocenters. The van der Waals surface area contributed by atoms with E-state index in [9.17, 15) is 18.3 Å². The zero-order chi connectivity index (χ0) is 15.5. The molecule has 6 nitrogen and oxygen atoms in total. The summed E-state index contributed by atoms with van der Waals surface area (Å²) in [5.41, 5.74) is 0. The van der Waals surface area contributed by atoms with Crippen LogP contribution in [-0.2, 0) is 14.8 Å². The molecule has 1 fully saturated rings. The van der Waals surface area contributed by atoms with E-state index in [1.807, 2.05) is 6.92 Å². The van der Waals surface area contributed by atoms with E-state index in [2.05, 4.69) is 0 Å². The normalized spacial score (nSPS) is 17.6. The number of hydrogen-bond donors (Lipinski definition) is 0. The first-order valence-electron chi connectivity index (χ1n) is 6.89. The predicted octanol–water partition coefficient (Wildman–Crippen LogP) is 0.236. The Hall–Kier alpha value is -1.60. The summed E-state index contributed by atoms with van der Waals surface area (Å²) in [5, 5.41) is 10.8. The second-order valence-electron chi connectivity index (χ2n) is 4.90. The van der Waals surface area contributed by atoms with Crippen molar-refractivity contribution >= 4 is 16.0 Å². The van der Waals surface area contributed by atoms with Gasteiger partial charge in [-0.1, -0.05) is 0 Å². The number of hydrogen-bond acceptors (Lipinski definition) is 5. The van der Waals surface area contributed by atoms with Gasteiger partial charge in [0.1, 0.15) is 5.75 Å². The molecule has 0 saturated carbocycles. The molecule has 0 atom stereocenters. The molecule has 1 aliphatic heterocycles. The molecule has 1 heterocycles. The Kier molecular flexibility index (Phi) is 4.84. The first-order valence-corrected chi connectivity index (χ1v) is 8.33. The number of piperidine rings is 1. The van der Waals surface area contributed by atoms with Gasteiger partial charge in [0.2, 0.25) is 10.0 Å². The quantitative estimate of drug-likeness (QED) is 0.777. The molecule has 0 amide bonds. The number of nitrogens with zero attached hydrogens (tertiary/aromatic N) is 1. The van der Waals surface area contributed by atoms with Gasteiger partial charge in [0.15, 0.2) is 0 Å². The van der Waals surface area contributed by atoms with Gasteiger partial charge in [0.25, 0.3) is 0 Å². The Morgan fingerprint density at radius 2 is 1.86 bits per heavy atom. The number of carbonyl (C=O) groups is 1. The zero-order valence-electron chi connectivity index (χ0n) is 11.8. The molecule has 0 aromatic heterocycles. The smallest absolute Gasteiger partial charge is 0.243 e. The number of carboxylic acid groups (broad SMARTS) is 1. The molecule has 1 saturated heterocycles. The van der Waals surface area contributed by atoms with E-state index < -0.39 is 21.9 Å². The van der Waals surface area contributed by atoms with Crippen molar-refractivity contribution in [2.75, 3.05) is 19.7 Å². The van der Waals surface area contributed by atoms with E-state index >= 15 is 0 Å². The molecule has 0 spiro atoms. The Bertz CT molecular complexity index is 588. The van der Waals surface area contributed by atoms with Crippen molar-refractivity contribution in [1.29, 1.82) is 0 Å². The lowest BCUT2D eigenvalue weighted by atomic mass is 9.99. The molecule has 0 N–H and O–H groups in total. The maximum absolute atomic E-state index is 12.5. The molecular formula is C14H18NO5S-. The third-order valence-corrected chi connectivity index (χ3v) is 5.47. The molecule has 0 aliphatic carbocycles. The van der Waals surface area contributed by atoms with Crippen molar-refractivity contribution in [2.24, 2.45) is 5.92 Å². The van der Waals surface area contributed by atoms with Gasteiger partial charge in [0, 0.05) is 25.0 Å². The molecule has 2 rings (SSSR count). The number of benzene rings is 1. The molecule has 21 heavy (non-hydrogen) atoms. The molecule has 7 heteroatoms. The Morgan fingerprint density at radius 3 is 2.33 bits per heavy atom. The average molecular weight is 312 g/mol. The van der Waals surface area contributed by atoms with Gasteiger partial charge < -0.3 is 14.6 Å². The van der Waals surface area contributed by atoms with Gasteiger partial charge >= 0.3 is 0 Å². The lowest BCUT2D eigenvalue weighted by Gasteiger charge is -2.31. The molecule has 1 aromatic carbocycles. The summed E-state index contributed by atoms with van der Waals surface area (Å²) in [6, 6.07) is 6.24. The number of aliphatic carboxylic acids is 1. The van der Waals surface area contributed by atoms with Crippen molar-refractivity contribution in [3.8, 4) is 5.75 Å². The number of rotatable bonds is 5. The third-order valence-electron chi connectivity index (χ3n) is 3.56.